The Morgan fingerprint density at radius 1 is 1.47 bits per heavy atom. The lowest BCUT2D eigenvalue weighted by molar-refractivity contribution is -0.678. The Balaban J connectivity index is 1.94. The van der Waals surface area contributed by atoms with Crippen molar-refractivity contribution in [2.75, 3.05) is 6.54 Å². The third-order valence-corrected chi connectivity index (χ3v) is 3.87. The molecule has 3 rings (SSSR count). The first-order valence-corrected chi connectivity index (χ1v) is 5.76. The van der Waals surface area contributed by atoms with E-state index in [9.17, 15) is 0 Å². The number of aromatic nitrogens is 2. The number of allylic oxidation sites excluding steroid dienone is 1. The second-order valence-electron chi connectivity index (χ2n) is 4.69. The van der Waals surface area contributed by atoms with Gasteiger partial charge < -0.3 is 4.90 Å². The molecule has 1 N–H and O–H groups in total. The standard InChI is InChI=1S/C12H17N3/c1-9-13-7-12(14(9)2)10-3-4-11-5-6-15(11)8-10/h7-8,11H,3-6H2,1-2H3/p+1. The molecule has 1 atom stereocenters. The van der Waals surface area contributed by atoms with Crippen LogP contribution in [0.3, 0.4) is 0 Å². The summed E-state index contributed by atoms with van der Waals surface area (Å²) in [6, 6.07) is 0.846. The summed E-state index contributed by atoms with van der Waals surface area (Å²) in [6.45, 7) is 3.36. The Morgan fingerprint density at radius 2 is 2.33 bits per heavy atom. The summed E-state index contributed by atoms with van der Waals surface area (Å²) < 4.78 is 2.24. The molecule has 2 aliphatic rings. The van der Waals surface area contributed by atoms with Crippen LogP contribution in [0, 0.1) is 6.92 Å². The molecule has 1 aromatic rings. The van der Waals surface area contributed by atoms with E-state index in [0.29, 0.717) is 0 Å². The van der Waals surface area contributed by atoms with Crippen molar-refractivity contribution in [3.63, 3.8) is 0 Å². The van der Waals surface area contributed by atoms with Crippen LogP contribution in [0.1, 0.15) is 30.8 Å². The number of fused-ring (bicyclic) bond motifs is 1. The van der Waals surface area contributed by atoms with E-state index >= 15 is 0 Å². The minimum atomic E-state index is 0.846. The van der Waals surface area contributed by atoms with Crippen LogP contribution in [0.25, 0.3) is 5.57 Å². The van der Waals surface area contributed by atoms with E-state index in [1.165, 1.54) is 42.9 Å². The Labute approximate surface area is 90.4 Å². The average molecular weight is 204 g/mol. The van der Waals surface area contributed by atoms with Crippen LogP contribution in [-0.4, -0.2) is 22.5 Å². The zero-order chi connectivity index (χ0) is 10.4. The van der Waals surface area contributed by atoms with E-state index in [0.717, 1.165) is 6.04 Å². The Bertz CT molecular complexity index is 417. The molecule has 0 saturated carbocycles. The highest BCUT2D eigenvalue weighted by molar-refractivity contribution is 5.61. The molecule has 3 heterocycles. The van der Waals surface area contributed by atoms with E-state index < -0.39 is 0 Å². The Kier molecular flexibility index (Phi) is 1.87. The number of hydrogen-bond acceptors (Lipinski definition) is 1. The van der Waals surface area contributed by atoms with Gasteiger partial charge in [-0.25, -0.2) is 9.55 Å². The topological polar surface area (TPSA) is 22.9 Å². The van der Waals surface area contributed by atoms with Gasteiger partial charge in [0.25, 0.3) is 5.82 Å². The molecule has 1 saturated heterocycles. The highest BCUT2D eigenvalue weighted by Crippen LogP contribution is 2.33. The molecule has 3 nitrogen and oxygen atoms in total. The molecule has 15 heavy (non-hydrogen) atoms. The Hall–Kier alpha value is -1.25. The largest absolute Gasteiger partial charge is 0.374 e. The molecule has 3 heteroatoms. The van der Waals surface area contributed by atoms with Crippen molar-refractivity contribution in [3.05, 3.63) is 23.9 Å². The highest BCUT2D eigenvalue weighted by Gasteiger charge is 2.30. The van der Waals surface area contributed by atoms with E-state index in [4.69, 9.17) is 0 Å². The van der Waals surface area contributed by atoms with Gasteiger partial charge in [0.05, 0.1) is 7.05 Å². The molecule has 0 bridgehead atoms. The van der Waals surface area contributed by atoms with Crippen LogP contribution in [0.4, 0.5) is 0 Å². The quantitative estimate of drug-likeness (QED) is 0.686. The van der Waals surface area contributed by atoms with E-state index in [1.807, 2.05) is 0 Å². The monoisotopic (exact) mass is 204 g/mol. The summed E-state index contributed by atoms with van der Waals surface area (Å²) in [5.74, 6) is 1.22. The number of nitrogens with zero attached hydrogens (tertiary/aromatic N) is 2. The minimum Gasteiger partial charge on any atom is -0.374 e. The molecule has 0 spiro atoms. The van der Waals surface area contributed by atoms with Gasteiger partial charge in [0.15, 0.2) is 5.69 Å². The van der Waals surface area contributed by atoms with Gasteiger partial charge in [-0.05, 0) is 19.3 Å². The zero-order valence-corrected chi connectivity index (χ0v) is 9.45. The van der Waals surface area contributed by atoms with Crippen LogP contribution in [0.5, 0.6) is 0 Å². The van der Waals surface area contributed by atoms with E-state index in [2.05, 4.69) is 40.8 Å². The molecule has 0 aromatic carbocycles. The van der Waals surface area contributed by atoms with Crippen molar-refractivity contribution < 1.29 is 4.57 Å². The fourth-order valence-corrected chi connectivity index (χ4v) is 2.58. The summed E-state index contributed by atoms with van der Waals surface area (Å²) in [5.41, 5.74) is 2.83. The van der Waals surface area contributed by atoms with Crippen LogP contribution < -0.4 is 4.57 Å². The summed E-state index contributed by atoms with van der Waals surface area (Å²) in [7, 11) is 2.13. The van der Waals surface area contributed by atoms with Gasteiger partial charge in [-0.1, -0.05) is 0 Å². The molecule has 0 aliphatic carbocycles. The smallest absolute Gasteiger partial charge is 0.251 e. The molecule has 0 amide bonds. The maximum atomic E-state index is 3.28. The van der Waals surface area contributed by atoms with Crippen molar-refractivity contribution in [2.45, 2.75) is 32.2 Å². The summed E-state index contributed by atoms with van der Waals surface area (Å²) in [5, 5.41) is 0. The fourth-order valence-electron chi connectivity index (χ4n) is 2.58. The lowest BCUT2D eigenvalue weighted by Gasteiger charge is -2.43. The van der Waals surface area contributed by atoms with Crippen molar-refractivity contribution in [3.8, 4) is 0 Å². The first-order chi connectivity index (χ1) is 7.25. The number of aromatic amines is 1. The lowest BCUT2D eigenvalue weighted by Crippen LogP contribution is -2.46. The number of rotatable bonds is 1. The van der Waals surface area contributed by atoms with Crippen molar-refractivity contribution in [2.24, 2.45) is 7.05 Å². The first-order valence-electron chi connectivity index (χ1n) is 5.76. The number of hydrogen-bond donors (Lipinski definition) is 1. The number of H-pyrrole nitrogens is 1. The first kappa shape index (κ1) is 9.01. The molecule has 1 aromatic heterocycles. The van der Waals surface area contributed by atoms with Gasteiger partial charge in [0.2, 0.25) is 0 Å². The van der Waals surface area contributed by atoms with Crippen molar-refractivity contribution >= 4 is 5.57 Å². The third-order valence-electron chi connectivity index (χ3n) is 3.87. The van der Waals surface area contributed by atoms with Gasteiger partial charge in [-0.15, -0.1) is 0 Å². The van der Waals surface area contributed by atoms with Crippen molar-refractivity contribution in [1.29, 1.82) is 0 Å². The third kappa shape index (κ3) is 1.29. The maximum Gasteiger partial charge on any atom is 0.251 e. The summed E-state index contributed by atoms with van der Waals surface area (Å²) >= 11 is 0. The van der Waals surface area contributed by atoms with Gasteiger partial charge in [-0.2, -0.15) is 0 Å². The van der Waals surface area contributed by atoms with Crippen LogP contribution in [0.2, 0.25) is 0 Å². The van der Waals surface area contributed by atoms with Crippen LogP contribution in [0.15, 0.2) is 12.4 Å². The van der Waals surface area contributed by atoms with Gasteiger partial charge in [0, 0.05) is 31.3 Å². The average Bonchev–Trinajstić information content (AvgIpc) is 2.51. The molecule has 0 radical (unpaired) electrons. The number of nitrogens with one attached hydrogen (secondary N) is 1. The fraction of sp³-hybridized carbons (Fsp3) is 0.583. The zero-order valence-electron chi connectivity index (χ0n) is 9.45. The van der Waals surface area contributed by atoms with Gasteiger partial charge >= 0.3 is 0 Å². The molecule has 1 fully saturated rings. The van der Waals surface area contributed by atoms with Gasteiger partial charge in [-0.3, -0.25) is 0 Å². The SMILES string of the molecule is Cc1[nH]cc(C2=CN3CCC3CC2)[n+]1C. The van der Waals surface area contributed by atoms with E-state index in [-0.39, 0.29) is 0 Å². The molecule has 80 valence electrons. The van der Waals surface area contributed by atoms with Crippen molar-refractivity contribution in [1.82, 2.24) is 9.88 Å². The minimum absolute atomic E-state index is 0.846. The van der Waals surface area contributed by atoms with Gasteiger partial charge in [0.1, 0.15) is 6.20 Å². The maximum absolute atomic E-state index is 3.28. The highest BCUT2D eigenvalue weighted by atomic mass is 15.2. The summed E-state index contributed by atoms with van der Waals surface area (Å²) in [6.07, 6.45) is 8.44. The van der Waals surface area contributed by atoms with Crippen LogP contribution >= 0.6 is 0 Å². The lowest BCUT2D eigenvalue weighted by atomic mass is 9.91. The number of imidazole rings is 1. The molecular weight excluding hydrogens is 186 g/mol. The molecular formula is C12H18N3+. The summed E-state index contributed by atoms with van der Waals surface area (Å²) in [4.78, 5) is 5.77. The Morgan fingerprint density at radius 3 is 2.87 bits per heavy atom. The normalized spacial score (nSPS) is 24.5. The predicted molar refractivity (Wildman–Crippen MR) is 59.0 cm³/mol. The second kappa shape index (κ2) is 3.12. The van der Waals surface area contributed by atoms with Crippen LogP contribution in [-0.2, 0) is 7.05 Å². The number of aryl methyl sites for hydroxylation is 1. The predicted octanol–water partition coefficient (Wildman–Crippen LogP) is 1.36. The van der Waals surface area contributed by atoms with E-state index in [1.54, 1.807) is 0 Å². The molecule has 1 unspecified atom stereocenters. The second-order valence-corrected chi connectivity index (χ2v) is 4.69. The molecule has 2 aliphatic heterocycles.